The summed E-state index contributed by atoms with van der Waals surface area (Å²) in [6, 6.07) is 8.24. The molecule has 29 heavy (non-hydrogen) atoms. The molecule has 0 atom stereocenters. The topological polar surface area (TPSA) is 84.9 Å². The van der Waals surface area contributed by atoms with Crippen LogP contribution in [0.3, 0.4) is 0 Å². The first kappa shape index (κ1) is 19.6. The van der Waals surface area contributed by atoms with E-state index in [-0.39, 0.29) is 27.6 Å². The first-order valence-corrected chi connectivity index (χ1v) is 10.4. The SMILES string of the molecule is Cc1ccc(S(=O)(=O)N2CCCC2)cc1C(=O)Nc1ccc2c(c1)OC(F)(F)O2. The number of amides is 1. The van der Waals surface area contributed by atoms with Gasteiger partial charge in [0.05, 0.1) is 4.90 Å². The fraction of sp³-hybridized carbons (Fsp3) is 0.316. The molecule has 0 aromatic heterocycles. The van der Waals surface area contributed by atoms with Gasteiger partial charge >= 0.3 is 6.29 Å². The molecule has 0 bridgehead atoms. The summed E-state index contributed by atoms with van der Waals surface area (Å²) >= 11 is 0. The summed E-state index contributed by atoms with van der Waals surface area (Å²) < 4.78 is 61.9. The van der Waals surface area contributed by atoms with Gasteiger partial charge in [-0.2, -0.15) is 4.31 Å². The Kier molecular flexibility index (Phi) is 4.70. The molecular weight excluding hydrogens is 406 g/mol. The monoisotopic (exact) mass is 424 g/mol. The maximum absolute atomic E-state index is 13.1. The van der Waals surface area contributed by atoms with Crippen molar-refractivity contribution in [1.29, 1.82) is 0 Å². The molecule has 0 saturated carbocycles. The molecule has 154 valence electrons. The van der Waals surface area contributed by atoms with Gasteiger partial charge in [-0.1, -0.05) is 6.07 Å². The number of alkyl halides is 2. The summed E-state index contributed by atoms with van der Waals surface area (Å²) in [4.78, 5) is 12.8. The maximum Gasteiger partial charge on any atom is 0.586 e. The number of benzene rings is 2. The van der Waals surface area contributed by atoms with Crippen LogP contribution in [0.2, 0.25) is 0 Å². The maximum atomic E-state index is 13.1. The predicted octanol–water partition coefficient (Wildman–Crippen LogP) is 3.35. The van der Waals surface area contributed by atoms with Gasteiger partial charge in [0.25, 0.3) is 5.91 Å². The Balaban J connectivity index is 1.58. The van der Waals surface area contributed by atoms with Crippen molar-refractivity contribution in [1.82, 2.24) is 4.31 Å². The number of halogens is 2. The molecule has 2 aliphatic heterocycles. The molecule has 1 amide bonds. The van der Waals surface area contributed by atoms with Gasteiger partial charge in [-0.3, -0.25) is 4.79 Å². The molecule has 0 aliphatic carbocycles. The van der Waals surface area contributed by atoms with Crippen LogP contribution < -0.4 is 14.8 Å². The van der Waals surface area contributed by atoms with Gasteiger partial charge in [0.15, 0.2) is 11.5 Å². The summed E-state index contributed by atoms with van der Waals surface area (Å²) in [6.07, 6.45) is -2.14. The van der Waals surface area contributed by atoms with Crippen LogP contribution in [0.5, 0.6) is 11.5 Å². The lowest BCUT2D eigenvalue weighted by Gasteiger charge is -2.17. The van der Waals surface area contributed by atoms with Crippen molar-refractivity contribution in [3.63, 3.8) is 0 Å². The summed E-state index contributed by atoms with van der Waals surface area (Å²) in [5.74, 6) is -0.899. The zero-order valence-electron chi connectivity index (χ0n) is 15.4. The minimum Gasteiger partial charge on any atom is -0.395 e. The Morgan fingerprint density at radius 3 is 2.48 bits per heavy atom. The minimum atomic E-state index is -3.75. The molecule has 0 spiro atoms. The summed E-state index contributed by atoms with van der Waals surface area (Å²) in [5.41, 5.74) is 0.964. The first-order valence-electron chi connectivity index (χ1n) is 8.98. The van der Waals surface area contributed by atoms with Crippen LogP contribution in [0.25, 0.3) is 0 Å². The van der Waals surface area contributed by atoms with Gasteiger partial charge in [0.2, 0.25) is 10.0 Å². The Morgan fingerprint density at radius 1 is 1.07 bits per heavy atom. The van der Waals surface area contributed by atoms with E-state index in [9.17, 15) is 22.0 Å². The number of aryl methyl sites for hydroxylation is 1. The Labute approximate surface area is 166 Å². The number of hydrogen-bond acceptors (Lipinski definition) is 5. The van der Waals surface area contributed by atoms with Gasteiger partial charge in [-0.25, -0.2) is 8.42 Å². The van der Waals surface area contributed by atoms with Crippen molar-refractivity contribution < 1.29 is 31.5 Å². The van der Waals surface area contributed by atoms with E-state index in [2.05, 4.69) is 14.8 Å². The molecule has 2 aliphatic rings. The molecule has 2 aromatic rings. The van der Waals surface area contributed by atoms with E-state index in [0.29, 0.717) is 18.7 Å². The molecule has 2 heterocycles. The van der Waals surface area contributed by atoms with Crippen molar-refractivity contribution in [2.24, 2.45) is 0 Å². The molecule has 7 nitrogen and oxygen atoms in total. The van der Waals surface area contributed by atoms with Gasteiger partial charge in [0, 0.05) is 30.4 Å². The average molecular weight is 424 g/mol. The lowest BCUT2D eigenvalue weighted by atomic mass is 10.1. The molecule has 1 fully saturated rings. The predicted molar refractivity (Wildman–Crippen MR) is 99.8 cm³/mol. The van der Waals surface area contributed by atoms with Crippen molar-refractivity contribution >= 4 is 21.6 Å². The van der Waals surface area contributed by atoms with E-state index in [1.54, 1.807) is 13.0 Å². The lowest BCUT2D eigenvalue weighted by Crippen LogP contribution is -2.28. The lowest BCUT2D eigenvalue weighted by molar-refractivity contribution is -0.286. The third-order valence-corrected chi connectivity index (χ3v) is 6.71. The fourth-order valence-electron chi connectivity index (χ4n) is 3.31. The molecular formula is C19H18F2N2O5S. The second kappa shape index (κ2) is 6.96. The Bertz CT molecular complexity index is 1080. The Morgan fingerprint density at radius 2 is 1.76 bits per heavy atom. The van der Waals surface area contributed by atoms with Gasteiger partial charge in [-0.15, -0.1) is 8.78 Å². The molecule has 1 saturated heterocycles. The quantitative estimate of drug-likeness (QED) is 0.814. The van der Waals surface area contributed by atoms with E-state index in [1.165, 1.54) is 34.6 Å². The summed E-state index contributed by atoms with van der Waals surface area (Å²) in [5, 5.41) is 2.58. The van der Waals surface area contributed by atoms with Gasteiger partial charge in [-0.05, 0) is 49.6 Å². The minimum absolute atomic E-state index is 0.0421. The van der Waals surface area contributed by atoms with Crippen LogP contribution >= 0.6 is 0 Å². The van der Waals surface area contributed by atoms with Gasteiger partial charge < -0.3 is 14.8 Å². The van der Waals surface area contributed by atoms with E-state index in [0.717, 1.165) is 12.8 Å². The number of carbonyl (C=O) groups excluding carboxylic acids is 1. The van der Waals surface area contributed by atoms with E-state index in [1.807, 2.05) is 0 Å². The molecule has 1 N–H and O–H groups in total. The highest BCUT2D eigenvalue weighted by molar-refractivity contribution is 7.89. The second-order valence-corrected chi connectivity index (χ2v) is 8.81. The number of anilines is 1. The Hall–Kier alpha value is -2.72. The number of hydrogen-bond donors (Lipinski definition) is 1. The van der Waals surface area contributed by atoms with Crippen LogP contribution in [0.15, 0.2) is 41.3 Å². The van der Waals surface area contributed by atoms with E-state index >= 15 is 0 Å². The number of ether oxygens (including phenoxy) is 2. The summed E-state index contributed by atoms with van der Waals surface area (Å²) in [6.45, 7) is 2.60. The molecule has 4 rings (SSSR count). The van der Waals surface area contributed by atoms with Crippen molar-refractivity contribution in [3.8, 4) is 11.5 Å². The number of carbonyl (C=O) groups is 1. The van der Waals surface area contributed by atoms with Crippen LogP contribution in [0, 0.1) is 6.92 Å². The van der Waals surface area contributed by atoms with E-state index < -0.39 is 22.2 Å². The van der Waals surface area contributed by atoms with Crippen LogP contribution in [-0.2, 0) is 10.0 Å². The van der Waals surface area contributed by atoms with Crippen molar-refractivity contribution in [3.05, 3.63) is 47.5 Å². The highest BCUT2D eigenvalue weighted by Crippen LogP contribution is 2.42. The molecule has 10 heteroatoms. The highest BCUT2D eigenvalue weighted by atomic mass is 32.2. The zero-order chi connectivity index (χ0) is 20.8. The average Bonchev–Trinajstić information content (AvgIpc) is 3.28. The molecule has 2 aromatic carbocycles. The fourth-order valence-corrected chi connectivity index (χ4v) is 4.85. The smallest absolute Gasteiger partial charge is 0.395 e. The van der Waals surface area contributed by atoms with Crippen LogP contribution in [-0.4, -0.2) is 38.0 Å². The normalized spacial score (nSPS) is 18.0. The number of fused-ring (bicyclic) bond motifs is 1. The second-order valence-electron chi connectivity index (χ2n) is 6.87. The van der Waals surface area contributed by atoms with E-state index in [4.69, 9.17) is 0 Å². The largest absolute Gasteiger partial charge is 0.586 e. The van der Waals surface area contributed by atoms with Crippen LogP contribution in [0.1, 0.15) is 28.8 Å². The zero-order valence-corrected chi connectivity index (χ0v) is 16.3. The first-order chi connectivity index (χ1) is 13.7. The standard InChI is InChI=1S/C19H18F2N2O5S/c1-12-4-6-14(29(25,26)23-8-2-3-9-23)11-15(12)18(24)22-13-5-7-16-17(10-13)28-19(20,21)27-16/h4-7,10-11H,2-3,8-9H2,1H3,(H,22,24). The van der Waals surface area contributed by atoms with Crippen LogP contribution in [0.4, 0.5) is 14.5 Å². The van der Waals surface area contributed by atoms with Crippen molar-refractivity contribution in [2.45, 2.75) is 31.0 Å². The highest BCUT2D eigenvalue weighted by Gasteiger charge is 2.43. The molecule has 0 radical (unpaired) electrons. The third kappa shape index (κ3) is 3.77. The number of rotatable bonds is 4. The number of sulfonamides is 1. The molecule has 0 unspecified atom stereocenters. The van der Waals surface area contributed by atoms with Gasteiger partial charge in [0.1, 0.15) is 0 Å². The third-order valence-electron chi connectivity index (χ3n) is 4.82. The number of nitrogens with one attached hydrogen (secondary N) is 1. The van der Waals surface area contributed by atoms with Crippen molar-refractivity contribution in [2.75, 3.05) is 18.4 Å². The summed E-state index contributed by atoms with van der Waals surface area (Å²) in [7, 11) is -3.67. The number of nitrogens with zero attached hydrogens (tertiary/aromatic N) is 1.